The maximum atomic E-state index is 12.1. The van der Waals surface area contributed by atoms with Gasteiger partial charge in [-0.05, 0) is 35.9 Å². The van der Waals surface area contributed by atoms with Gasteiger partial charge in [-0.3, -0.25) is 4.79 Å². The molecule has 92 valence electrons. The summed E-state index contributed by atoms with van der Waals surface area (Å²) < 4.78 is 0. The molecule has 0 N–H and O–H groups in total. The van der Waals surface area contributed by atoms with E-state index >= 15 is 0 Å². The van der Waals surface area contributed by atoms with Crippen molar-refractivity contribution < 1.29 is 4.79 Å². The van der Waals surface area contributed by atoms with E-state index in [1.807, 2.05) is 12.1 Å². The largest absolute Gasteiger partial charge is 0.294 e. The Morgan fingerprint density at radius 2 is 1.50 bits per heavy atom. The van der Waals surface area contributed by atoms with Crippen LogP contribution in [-0.2, 0) is 6.42 Å². The fraction of sp³-hybridized carbons (Fsp3) is 0.0714. The molecule has 0 fully saturated rings. The van der Waals surface area contributed by atoms with Crippen LogP contribution in [0.5, 0.6) is 0 Å². The first-order valence-corrected chi connectivity index (χ1v) is 6.42. The number of rotatable bonds is 3. The molecule has 0 bridgehead atoms. The zero-order valence-electron chi connectivity index (χ0n) is 9.29. The van der Waals surface area contributed by atoms with Crippen LogP contribution in [-0.4, -0.2) is 5.78 Å². The van der Waals surface area contributed by atoms with Crippen LogP contribution in [0.3, 0.4) is 0 Å². The summed E-state index contributed by atoms with van der Waals surface area (Å²) in [6, 6.07) is 12.0. The molecule has 18 heavy (non-hydrogen) atoms. The molecule has 0 heterocycles. The quantitative estimate of drug-likeness (QED) is 0.723. The van der Waals surface area contributed by atoms with E-state index in [2.05, 4.69) is 0 Å². The van der Waals surface area contributed by atoms with Crippen LogP contribution in [0.1, 0.15) is 15.9 Å². The molecule has 2 rings (SSSR count). The van der Waals surface area contributed by atoms with Crippen molar-refractivity contribution in [3.8, 4) is 0 Å². The number of carbonyl (C=O) groups is 1. The Balaban J connectivity index is 2.21. The molecule has 0 atom stereocenters. The zero-order chi connectivity index (χ0) is 13.1. The van der Waals surface area contributed by atoms with Crippen LogP contribution in [0, 0.1) is 0 Å². The van der Waals surface area contributed by atoms with E-state index in [-0.39, 0.29) is 12.2 Å². The highest BCUT2D eigenvalue weighted by molar-refractivity contribution is 6.36. The van der Waals surface area contributed by atoms with Gasteiger partial charge in [0, 0.05) is 22.0 Å². The normalized spacial score (nSPS) is 10.4. The highest BCUT2D eigenvalue weighted by Crippen LogP contribution is 2.22. The van der Waals surface area contributed by atoms with Gasteiger partial charge in [-0.1, -0.05) is 46.9 Å². The summed E-state index contributed by atoms with van der Waals surface area (Å²) in [4.78, 5) is 12.1. The Labute approximate surface area is 120 Å². The van der Waals surface area contributed by atoms with Gasteiger partial charge < -0.3 is 0 Å². The van der Waals surface area contributed by atoms with Crippen molar-refractivity contribution in [3.63, 3.8) is 0 Å². The van der Waals surface area contributed by atoms with Gasteiger partial charge in [-0.15, -0.1) is 0 Å². The Hall–Kier alpha value is -1.02. The van der Waals surface area contributed by atoms with Crippen LogP contribution >= 0.6 is 34.8 Å². The van der Waals surface area contributed by atoms with E-state index in [9.17, 15) is 4.79 Å². The van der Waals surface area contributed by atoms with E-state index in [4.69, 9.17) is 34.8 Å². The van der Waals surface area contributed by atoms with Gasteiger partial charge >= 0.3 is 0 Å². The number of ketones is 1. The zero-order valence-corrected chi connectivity index (χ0v) is 11.6. The van der Waals surface area contributed by atoms with Crippen LogP contribution < -0.4 is 0 Å². The van der Waals surface area contributed by atoms with Crippen LogP contribution in [0.15, 0.2) is 42.5 Å². The van der Waals surface area contributed by atoms with Gasteiger partial charge in [0.1, 0.15) is 0 Å². The molecule has 2 aromatic rings. The van der Waals surface area contributed by atoms with Crippen LogP contribution in [0.25, 0.3) is 0 Å². The Kier molecular flexibility index (Phi) is 4.28. The molecule has 0 aromatic heterocycles. The Morgan fingerprint density at radius 1 is 0.889 bits per heavy atom. The average Bonchev–Trinajstić information content (AvgIpc) is 2.35. The summed E-state index contributed by atoms with van der Waals surface area (Å²) in [7, 11) is 0. The lowest BCUT2D eigenvalue weighted by atomic mass is 10.0. The van der Waals surface area contributed by atoms with Crippen molar-refractivity contribution in [3.05, 3.63) is 68.7 Å². The van der Waals surface area contributed by atoms with Crippen LogP contribution in [0.2, 0.25) is 15.1 Å². The van der Waals surface area contributed by atoms with Gasteiger partial charge in [-0.2, -0.15) is 0 Å². The Morgan fingerprint density at radius 3 is 2.17 bits per heavy atom. The van der Waals surface area contributed by atoms with Gasteiger partial charge in [0.25, 0.3) is 0 Å². The topological polar surface area (TPSA) is 17.1 Å². The second-order valence-electron chi connectivity index (χ2n) is 3.85. The van der Waals surface area contributed by atoms with E-state index in [0.717, 1.165) is 5.56 Å². The van der Waals surface area contributed by atoms with Crippen molar-refractivity contribution >= 4 is 40.6 Å². The van der Waals surface area contributed by atoms with Crippen LogP contribution in [0.4, 0.5) is 0 Å². The minimum atomic E-state index is -0.0650. The van der Waals surface area contributed by atoms with E-state index in [1.54, 1.807) is 30.3 Å². The fourth-order valence-corrected chi connectivity index (χ4v) is 2.12. The number of Topliss-reactive ketones (excluding diaryl/α,β-unsaturated/α-hetero) is 1. The smallest absolute Gasteiger partial charge is 0.168 e. The third-order valence-corrected chi connectivity index (χ3v) is 3.32. The predicted octanol–water partition coefficient (Wildman–Crippen LogP) is 5.07. The van der Waals surface area contributed by atoms with Crippen molar-refractivity contribution in [2.45, 2.75) is 6.42 Å². The Bertz CT molecular complexity index is 576. The van der Waals surface area contributed by atoms with Crippen molar-refractivity contribution in [1.82, 2.24) is 0 Å². The summed E-state index contributed by atoms with van der Waals surface area (Å²) >= 11 is 17.6. The lowest BCUT2D eigenvalue weighted by Crippen LogP contribution is -2.04. The lowest BCUT2D eigenvalue weighted by molar-refractivity contribution is 0.0993. The molecule has 0 radical (unpaired) electrons. The minimum absolute atomic E-state index is 0.0650. The predicted molar refractivity (Wildman–Crippen MR) is 75.9 cm³/mol. The summed E-state index contributed by atoms with van der Waals surface area (Å²) in [6.45, 7) is 0. The second-order valence-corrected chi connectivity index (χ2v) is 5.13. The minimum Gasteiger partial charge on any atom is -0.294 e. The summed E-state index contributed by atoms with van der Waals surface area (Å²) in [6.07, 6.45) is 0.275. The maximum Gasteiger partial charge on any atom is 0.168 e. The maximum absolute atomic E-state index is 12.1. The SMILES string of the molecule is O=C(Cc1ccc(Cl)cc1)c1cc(Cl)ccc1Cl. The summed E-state index contributed by atoms with van der Waals surface area (Å²) in [5, 5.41) is 1.56. The molecular formula is C14H9Cl3O. The fourth-order valence-electron chi connectivity index (χ4n) is 1.59. The van der Waals surface area contributed by atoms with E-state index in [0.29, 0.717) is 20.6 Å². The molecule has 0 saturated heterocycles. The molecule has 4 heteroatoms. The molecule has 0 unspecified atom stereocenters. The van der Waals surface area contributed by atoms with Crippen molar-refractivity contribution in [2.75, 3.05) is 0 Å². The van der Waals surface area contributed by atoms with Crippen molar-refractivity contribution in [2.24, 2.45) is 0 Å². The molecule has 0 aliphatic rings. The summed E-state index contributed by atoms with van der Waals surface area (Å²) in [5.74, 6) is -0.0650. The second kappa shape index (κ2) is 5.75. The summed E-state index contributed by atoms with van der Waals surface area (Å²) in [5.41, 5.74) is 1.33. The number of carbonyl (C=O) groups excluding carboxylic acids is 1. The molecule has 0 amide bonds. The van der Waals surface area contributed by atoms with Gasteiger partial charge in [0.2, 0.25) is 0 Å². The van der Waals surface area contributed by atoms with Gasteiger partial charge in [-0.25, -0.2) is 0 Å². The number of halogens is 3. The molecule has 2 aromatic carbocycles. The molecule has 0 spiro atoms. The van der Waals surface area contributed by atoms with E-state index < -0.39 is 0 Å². The standard InChI is InChI=1S/C14H9Cl3O/c15-10-3-1-9(2-4-10)7-14(18)12-8-11(16)5-6-13(12)17/h1-6,8H,7H2. The third kappa shape index (κ3) is 3.26. The number of benzene rings is 2. The first-order valence-electron chi connectivity index (χ1n) is 5.29. The van der Waals surface area contributed by atoms with Gasteiger partial charge in [0.05, 0.1) is 5.02 Å². The lowest BCUT2D eigenvalue weighted by Gasteiger charge is -2.04. The van der Waals surface area contributed by atoms with Gasteiger partial charge in [0.15, 0.2) is 5.78 Å². The first kappa shape index (κ1) is 13.4. The monoisotopic (exact) mass is 298 g/mol. The molecule has 1 nitrogen and oxygen atoms in total. The number of hydrogen-bond acceptors (Lipinski definition) is 1. The molecular weight excluding hydrogens is 291 g/mol. The average molecular weight is 300 g/mol. The number of hydrogen-bond donors (Lipinski definition) is 0. The third-order valence-electron chi connectivity index (χ3n) is 2.51. The highest BCUT2D eigenvalue weighted by Gasteiger charge is 2.11. The molecule has 0 aliphatic heterocycles. The highest BCUT2D eigenvalue weighted by atomic mass is 35.5. The molecule has 0 saturated carbocycles. The van der Waals surface area contributed by atoms with Crippen molar-refractivity contribution in [1.29, 1.82) is 0 Å². The first-order chi connectivity index (χ1) is 8.56. The molecule has 0 aliphatic carbocycles. The van der Waals surface area contributed by atoms with E-state index in [1.165, 1.54) is 0 Å².